The van der Waals surface area contributed by atoms with E-state index in [4.69, 9.17) is 0 Å². The summed E-state index contributed by atoms with van der Waals surface area (Å²) in [5, 5.41) is 11.1. The number of aryl methyl sites for hydroxylation is 3. The van der Waals surface area contributed by atoms with Gasteiger partial charge in [0.1, 0.15) is 0 Å². The Hall–Kier alpha value is -0.550. The van der Waals surface area contributed by atoms with Crippen molar-refractivity contribution >= 4 is 9.90 Å². The van der Waals surface area contributed by atoms with E-state index < -0.39 is 0 Å². The zero-order valence-corrected chi connectivity index (χ0v) is 8.68. The van der Waals surface area contributed by atoms with Crippen LogP contribution in [0.3, 0.4) is 0 Å². The SMILES string of the molecule is Cc1cc(C)c([O])c(C)c1.P. The molecule has 0 bridgehead atoms. The molecule has 1 aromatic carbocycles. The van der Waals surface area contributed by atoms with Gasteiger partial charge in [0, 0.05) is 0 Å². The molecule has 0 saturated carbocycles. The maximum absolute atomic E-state index is 11.1. The first kappa shape index (κ1) is 10.4. The molecular formula is C9H14OP. The first-order valence-electron chi connectivity index (χ1n) is 3.36. The van der Waals surface area contributed by atoms with Crippen LogP contribution in [0.4, 0.5) is 0 Å². The lowest BCUT2D eigenvalue weighted by molar-refractivity contribution is 0.348. The van der Waals surface area contributed by atoms with Crippen LogP contribution >= 0.6 is 9.90 Å². The van der Waals surface area contributed by atoms with Crippen molar-refractivity contribution in [2.24, 2.45) is 0 Å². The van der Waals surface area contributed by atoms with Crippen LogP contribution in [0.1, 0.15) is 16.7 Å². The van der Waals surface area contributed by atoms with E-state index in [1.165, 1.54) is 0 Å². The van der Waals surface area contributed by atoms with Crippen molar-refractivity contribution in [1.82, 2.24) is 0 Å². The largest absolute Gasteiger partial charge is 0.289 e. The van der Waals surface area contributed by atoms with E-state index in [9.17, 15) is 5.11 Å². The molecule has 0 aromatic heterocycles. The molecule has 0 heterocycles. The van der Waals surface area contributed by atoms with E-state index in [1.54, 1.807) is 0 Å². The van der Waals surface area contributed by atoms with E-state index in [1.807, 2.05) is 32.9 Å². The summed E-state index contributed by atoms with van der Waals surface area (Å²) in [4.78, 5) is 0. The van der Waals surface area contributed by atoms with Gasteiger partial charge in [-0.25, -0.2) is 0 Å². The van der Waals surface area contributed by atoms with Gasteiger partial charge in [-0.3, -0.25) is 5.11 Å². The first-order valence-corrected chi connectivity index (χ1v) is 3.36. The van der Waals surface area contributed by atoms with E-state index in [0.717, 1.165) is 16.7 Å². The van der Waals surface area contributed by atoms with Gasteiger partial charge < -0.3 is 0 Å². The predicted molar refractivity (Wildman–Crippen MR) is 51.9 cm³/mol. The van der Waals surface area contributed by atoms with Gasteiger partial charge in [-0.05, 0) is 31.9 Å². The highest BCUT2D eigenvalue weighted by Crippen LogP contribution is 2.22. The average molecular weight is 169 g/mol. The van der Waals surface area contributed by atoms with Crippen molar-refractivity contribution in [1.29, 1.82) is 0 Å². The summed E-state index contributed by atoms with van der Waals surface area (Å²) in [5.41, 5.74) is 2.85. The zero-order chi connectivity index (χ0) is 7.72. The third-order valence-corrected chi connectivity index (χ3v) is 1.60. The monoisotopic (exact) mass is 169 g/mol. The summed E-state index contributed by atoms with van der Waals surface area (Å²) in [6.07, 6.45) is 0. The minimum atomic E-state index is 0. The van der Waals surface area contributed by atoms with Crippen molar-refractivity contribution < 1.29 is 5.11 Å². The van der Waals surface area contributed by atoms with Crippen LogP contribution in [-0.4, -0.2) is 0 Å². The number of benzene rings is 1. The summed E-state index contributed by atoms with van der Waals surface area (Å²) in [5.74, 6) is 0.172. The highest BCUT2D eigenvalue weighted by Gasteiger charge is 2.01. The second-order valence-corrected chi connectivity index (χ2v) is 2.73. The van der Waals surface area contributed by atoms with Gasteiger partial charge in [0.2, 0.25) is 0 Å². The molecule has 1 unspecified atom stereocenters. The van der Waals surface area contributed by atoms with Crippen LogP contribution in [0.5, 0.6) is 5.75 Å². The normalized spacial score (nSPS) is 9.00. The lowest BCUT2D eigenvalue weighted by atomic mass is 10.1. The van der Waals surface area contributed by atoms with Gasteiger partial charge in [-0.15, -0.1) is 0 Å². The molecule has 0 aliphatic carbocycles. The third kappa shape index (κ3) is 2.20. The van der Waals surface area contributed by atoms with Crippen LogP contribution < -0.4 is 0 Å². The summed E-state index contributed by atoms with van der Waals surface area (Å²) in [6, 6.07) is 3.82. The van der Waals surface area contributed by atoms with Crippen molar-refractivity contribution in [3.05, 3.63) is 28.8 Å². The number of rotatable bonds is 0. The molecule has 1 rings (SSSR count). The highest BCUT2D eigenvalue weighted by molar-refractivity contribution is 6.92. The molecule has 0 aliphatic heterocycles. The van der Waals surface area contributed by atoms with Crippen LogP contribution in [0.15, 0.2) is 12.1 Å². The van der Waals surface area contributed by atoms with Gasteiger partial charge in [0.15, 0.2) is 5.75 Å². The molecule has 1 nitrogen and oxygen atoms in total. The van der Waals surface area contributed by atoms with E-state index in [0.29, 0.717) is 0 Å². The van der Waals surface area contributed by atoms with Gasteiger partial charge in [-0.2, -0.15) is 9.90 Å². The lowest BCUT2D eigenvalue weighted by Crippen LogP contribution is -1.80. The summed E-state index contributed by atoms with van der Waals surface area (Å²) < 4.78 is 0. The minimum absolute atomic E-state index is 0. The number of hydrogen-bond acceptors (Lipinski definition) is 0. The summed E-state index contributed by atoms with van der Waals surface area (Å²) in [6.45, 7) is 5.70. The molecule has 2 heteroatoms. The van der Waals surface area contributed by atoms with Crippen LogP contribution in [0.25, 0.3) is 0 Å². The molecule has 0 amide bonds. The van der Waals surface area contributed by atoms with Gasteiger partial charge >= 0.3 is 0 Å². The number of hydrogen-bond donors (Lipinski definition) is 0. The summed E-state index contributed by atoms with van der Waals surface area (Å²) >= 11 is 0. The Labute approximate surface area is 71.1 Å². The average Bonchev–Trinajstić information content (AvgIpc) is 1.82. The Morgan fingerprint density at radius 2 is 1.36 bits per heavy atom. The molecule has 61 valence electrons. The Morgan fingerprint density at radius 3 is 1.73 bits per heavy atom. The third-order valence-electron chi connectivity index (χ3n) is 1.60. The molecule has 0 fully saturated rings. The van der Waals surface area contributed by atoms with Gasteiger partial charge in [0.25, 0.3) is 0 Å². The van der Waals surface area contributed by atoms with Gasteiger partial charge in [-0.1, -0.05) is 17.7 Å². The quantitative estimate of drug-likeness (QED) is 0.532. The smallest absolute Gasteiger partial charge is 0.184 e. The van der Waals surface area contributed by atoms with Crippen LogP contribution in [0, 0.1) is 20.8 Å². The standard InChI is InChI=1S/C9H11O.H3P/c1-6-4-7(2)9(10)8(3)5-6;/h4-5H,1-3H3;1H3. The fourth-order valence-corrected chi connectivity index (χ4v) is 1.17. The molecular weight excluding hydrogens is 155 g/mol. The molecule has 0 saturated heterocycles. The fourth-order valence-electron chi connectivity index (χ4n) is 1.17. The van der Waals surface area contributed by atoms with Gasteiger partial charge in [0.05, 0.1) is 0 Å². The zero-order valence-electron chi connectivity index (χ0n) is 7.27. The molecule has 0 aliphatic rings. The van der Waals surface area contributed by atoms with E-state index >= 15 is 0 Å². The first-order chi connectivity index (χ1) is 4.61. The second kappa shape index (κ2) is 3.73. The molecule has 1 radical (unpaired) electrons. The maximum Gasteiger partial charge on any atom is 0.184 e. The fraction of sp³-hybridized carbons (Fsp3) is 0.333. The second-order valence-electron chi connectivity index (χ2n) is 2.73. The molecule has 1 atom stereocenters. The highest BCUT2D eigenvalue weighted by atomic mass is 31.0. The van der Waals surface area contributed by atoms with Crippen molar-refractivity contribution in [3.63, 3.8) is 0 Å². The van der Waals surface area contributed by atoms with Crippen molar-refractivity contribution in [2.75, 3.05) is 0 Å². The Bertz CT molecular complexity index is 233. The van der Waals surface area contributed by atoms with Crippen molar-refractivity contribution in [3.8, 4) is 5.75 Å². The Kier molecular flexibility index (Phi) is 3.54. The van der Waals surface area contributed by atoms with Crippen LogP contribution in [0.2, 0.25) is 0 Å². The minimum Gasteiger partial charge on any atom is -0.289 e. The molecule has 11 heavy (non-hydrogen) atoms. The Balaban J connectivity index is 0.000001000. The topological polar surface area (TPSA) is 19.9 Å². The molecule has 0 spiro atoms. The van der Waals surface area contributed by atoms with E-state index in [2.05, 4.69) is 0 Å². The van der Waals surface area contributed by atoms with E-state index in [-0.39, 0.29) is 15.6 Å². The lowest BCUT2D eigenvalue weighted by Gasteiger charge is -2.00. The molecule has 1 aromatic rings. The maximum atomic E-state index is 11.1. The predicted octanol–water partition coefficient (Wildman–Crippen LogP) is 2.81. The summed E-state index contributed by atoms with van der Waals surface area (Å²) in [7, 11) is 0. The van der Waals surface area contributed by atoms with Crippen LogP contribution in [-0.2, 0) is 5.11 Å². The van der Waals surface area contributed by atoms with Crippen molar-refractivity contribution in [2.45, 2.75) is 20.8 Å². The Morgan fingerprint density at radius 1 is 1.00 bits per heavy atom. The molecule has 0 N–H and O–H groups in total.